The highest BCUT2D eigenvalue weighted by atomic mass is 32.1. The fraction of sp³-hybridized carbons (Fsp3) is 0.400. The van der Waals surface area contributed by atoms with Crippen LogP contribution in [0.2, 0.25) is 0 Å². The molecule has 3 atom stereocenters. The van der Waals surface area contributed by atoms with Crippen LogP contribution in [0, 0.1) is 11.8 Å². The molecule has 5 rings (SSSR count). The molecule has 36 heavy (non-hydrogen) atoms. The number of thiophene rings is 1. The third-order valence-corrected chi connectivity index (χ3v) is 8.27. The summed E-state index contributed by atoms with van der Waals surface area (Å²) in [6.07, 6.45) is 1.71. The van der Waals surface area contributed by atoms with E-state index in [9.17, 15) is 9.59 Å². The summed E-state index contributed by atoms with van der Waals surface area (Å²) in [7, 11) is 1.66. The van der Waals surface area contributed by atoms with Gasteiger partial charge < -0.3 is 14.5 Å². The van der Waals surface area contributed by atoms with Gasteiger partial charge in [-0.2, -0.15) is 0 Å². The zero-order chi connectivity index (χ0) is 25.2. The molecule has 6 heteroatoms. The Labute approximate surface area is 217 Å². The number of carbonyl (C=O) groups is 2. The molecule has 2 heterocycles. The molecule has 2 amide bonds. The maximum absolute atomic E-state index is 13.8. The first-order valence-corrected chi connectivity index (χ1v) is 13.7. The van der Waals surface area contributed by atoms with E-state index in [4.69, 9.17) is 4.74 Å². The van der Waals surface area contributed by atoms with Crippen molar-refractivity contribution in [1.82, 2.24) is 9.80 Å². The number of benzene rings is 2. The van der Waals surface area contributed by atoms with Gasteiger partial charge in [0, 0.05) is 23.9 Å². The first-order chi connectivity index (χ1) is 17.5. The van der Waals surface area contributed by atoms with Crippen LogP contribution in [0.5, 0.6) is 5.75 Å². The minimum atomic E-state index is -0.146. The summed E-state index contributed by atoms with van der Waals surface area (Å²) in [6, 6.07) is 20.2. The van der Waals surface area contributed by atoms with Crippen LogP contribution < -0.4 is 4.74 Å². The summed E-state index contributed by atoms with van der Waals surface area (Å²) in [6.45, 7) is 5.58. The van der Waals surface area contributed by atoms with Crippen molar-refractivity contribution in [2.45, 2.75) is 38.6 Å². The number of methoxy groups -OCH3 is 1. The molecule has 2 aliphatic rings. The van der Waals surface area contributed by atoms with E-state index in [1.807, 2.05) is 52.3 Å². The summed E-state index contributed by atoms with van der Waals surface area (Å²) in [4.78, 5) is 32.5. The molecule has 0 spiro atoms. The van der Waals surface area contributed by atoms with Gasteiger partial charge in [-0.15, -0.1) is 11.3 Å². The Morgan fingerprint density at radius 3 is 2.50 bits per heavy atom. The highest BCUT2D eigenvalue weighted by Crippen LogP contribution is 2.48. The maximum Gasteiger partial charge on any atom is 0.242 e. The smallest absolute Gasteiger partial charge is 0.242 e. The zero-order valence-corrected chi connectivity index (χ0v) is 22.0. The third kappa shape index (κ3) is 5.05. The van der Waals surface area contributed by atoms with Crippen LogP contribution in [0.4, 0.5) is 0 Å². The van der Waals surface area contributed by atoms with Gasteiger partial charge in [-0.1, -0.05) is 56.3 Å². The van der Waals surface area contributed by atoms with Crippen LogP contribution in [0.1, 0.15) is 53.8 Å². The monoisotopic (exact) mass is 502 g/mol. The lowest BCUT2D eigenvalue weighted by Crippen LogP contribution is -2.48. The Morgan fingerprint density at radius 2 is 1.81 bits per heavy atom. The second kappa shape index (κ2) is 10.5. The lowest BCUT2D eigenvalue weighted by atomic mass is 9.93. The first-order valence-electron chi connectivity index (χ1n) is 12.8. The van der Waals surface area contributed by atoms with Crippen molar-refractivity contribution in [3.05, 3.63) is 87.6 Å². The SMILES string of the molecule is COc1ccc(C2c3ccsc3CCN2C(=O)CN(CC(C)C)C(=O)C2CC2c2ccccc2)cc1. The van der Waals surface area contributed by atoms with Crippen LogP contribution in [-0.4, -0.2) is 48.4 Å². The van der Waals surface area contributed by atoms with Crippen LogP contribution >= 0.6 is 11.3 Å². The second-order valence-electron chi connectivity index (χ2n) is 10.3. The molecule has 3 unspecified atom stereocenters. The third-order valence-electron chi connectivity index (χ3n) is 7.28. The van der Waals surface area contributed by atoms with Gasteiger partial charge in [0.1, 0.15) is 5.75 Å². The number of rotatable bonds is 8. The maximum atomic E-state index is 13.8. The van der Waals surface area contributed by atoms with Gasteiger partial charge in [0.15, 0.2) is 0 Å². The molecule has 2 aromatic carbocycles. The van der Waals surface area contributed by atoms with Crippen LogP contribution in [0.3, 0.4) is 0 Å². The molecule has 188 valence electrons. The van der Waals surface area contributed by atoms with Gasteiger partial charge in [-0.05, 0) is 64.9 Å². The second-order valence-corrected chi connectivity index (χ2v) is 11.3. The lowest BCUT2D eigenvalue weighted by Gasteiger charge is -2.38. The van der Waals surface area contributed by atoms with Crippen LogP contribution in [0.25, 0.3) is 0 Å². The Kier molecular flexibility index (Phi) is 7.15. The number of nitrogens with zero attached hydrogens (tertiary/aromatic N) is 2. The number of fused-ring (bicyclic) bond motifs is 1. The van der Waals surface area contributed by atoms with Crippen LogP contribution in [0.15, 0.2) is 66.0 Å². The first kappa shape index (κ1) is 24.6. The van der Waals surface area contributed by atoms with E-state index in [-0.39, 0.29) is 42.2 Å². The molecule has 0 saturated heterocycles. The number of hydrogen-bond acceptors (Lipinski definition) is 4. The minimum absolute atomic E-state index is 0.0126. The van der Waals surface area contributed by atoms with Crippen molar-refractivity contribution in [3.8, 4) is 5.75 Å². The fourth-order valence-electron chi connectivity index (χ4n) is 5.43. The highest BCUT2D eigenvalue weighted by Gasteiger charge is 2.46. The fourth-order valence-corrected chi connectivity index (χ4v) is 6.33. The standard InChI is InChI=1S/C30H34N2O3S/c1-20(2)18-31(30(34)26-17-25(26)21-7-5-4-6-8-21)19-28(33)32-15-13-27-24(14-16-36-27)29(32)22-9-11-23(35-3)12-10-22/h4-12,14,16,20,25-26,29H,13,15,17-19H2,1-3H3. The Hall–Kier alpha value is -3.12. The van der Waals surface area contributed by atoms with Gasteiger partial charge >= 0.3 is 0 Å². The molecule has 1 aliphatic carbocycles. The van der Waals surface area contributed by atoms with Crippen molar-refractivity contribution >= 4 is 23.2 Å². The van der Waals surface area contributed by atoms with E-state index in [1.165, 1.54) is 16.0 Å². The molecule has 1 aromatic heterocycles. The molecule has 0 bridgehead atoms. The van der Waals surface area contributed by atoms with Crippen molar-refractivity contribution in [1.29, 1.82) is 0 Å². The van der Waals surface area contributed by atoms with E-state index < -0.39 is 0 Å². The van der Waals surface area contributed by atoms with E-state index >= 15 is 0 Å². The van der Waals surface area contributed by atoms with E-state index in [0.29, 0.717) is 13.1 Å². The Morgan fingerprint density at radius 1 is 1.06 bits per heavy atom. The van der Waals surface area contributed by atoms with E-state index in [2.05, 4.69) is 37.4 Å². The van der Waals surface area contributed by atoms with Crippen LogP contribution in [-0.2, 0) is 16.0 Å². The minimum Gasteiger partial charge on any atom is -0.497 e. The average molecular weight is 503 g/mol. The highest BCUT2D eigenvalue weighted by molar-refractivity contribution is 7.10. The molecular weight excluding hydrogens is 468 g/mol. The zero-order valence-electron chi connectivity index (χ0n) is 21.2. The van der Waals surface area contributed by atoms with E-state index in [1.54, 1.807) is 18.4 Å². The lowest BCUT2D eigenvalue weighted by molar-refractivity contribution is -0.142. The molecule has 3 aromatic rings. The van der Waals surface area contributed by atoms with Crippen molar-refractivity contribution in [2.24, 2.45) is 11.8 Å². The van der Waals surface area contributed by atoms with Gasteiger partial charge in [0.25, 0.3) is 0 Å². The Bertz CT molecular complexity index is 1200. The van der Waals surface area contributed by atoms with Gasteiger partial charge in [-0.25, -0.2) is 0 Å². The topological polar surface area (TPSA) is 49.9 Å². The van der Waals surface area contributed by atoms with Gasteiger partial charge in [0.05, 0.1) is 19.7 Å². The van der Waals surface area contributed by atoms with E-state index in [0.717, 1.165) is 24.2 Å². The molecule has 0 N–H and O–H groups in total. The quantitative estimate of drug-likeness (QED) is 0.408. The molecule has 0 radical (unpaired) electrons. The van der Waals surface area contributed by atoms with Gasteiger partial charge in [0.2, 0.25) is 11.8 Å². The number of carbonyl (C=O) groups excluding carboxylic acids is 2. The normalized spacial score (nSPS) is 20.7. The molecule has 5 nitrogen and oxygen atoms in total. The number of ether oxygens (including phenoxy) is 1. The summed E-state index contributed by atoms with van der Waals surface area (Å²) in [5, 5.41) is 2.11. The summed E-state index contributed by atoms with van der Waals surface area (Å²) < 4.78 is 5.35. The van der Waals surface area contributed by atoms with Crippen molar-refractivity contribution < 1.29 is 14.3 Å². The summed E-state index contributed by atoms with van der Waals surface area (Å²) >= 11 is 1.76. The largest absolute Gasteiger partial charge is 0.497 e. The predicted molar refractivity (Wildman–Crippen MR) is 143 cm³/mol. The van der Waals surface area contributed by atoms with Crippen molar-refractivity contribution in [2.75, 3.05) is 26.7 Å². The predicted octanol–water partition coefficient (Wildman–Crippen LogP) is 5.52. The molecule has 1 fully saturated rings. The molecular formula is C30H34N2O3S. The van der Waals surface area contributed by atoms with Crippen molar-refractivity contribution in [3.63, 3.8) is 0 Å². The number of hydrogen-bond donors (Lipinski definition) is 0. The average Bonchev–Trinajstić information content (AvgIpc) is 3.55. The molecule has 1 aliphatic heterocycles. The number of amides is 2. The summed E-state index contributed by atoms with van der Waals surface area (Å²) in [5.74, 6) is 1.45. The molecule has 1 saturated carbocycles. The van der Waals surface area contributed by atoms with Gasteiger partial charge in [-0.3, -0.25) is 9.59 Å². The summed E-state index contributed by atoms with van der Waals surface area (Å²) in [5.41, 5.74) is 3.47. The Balaban J connectivity index is 1.36.